The van der Waals surface area contributed by atoms with Crippen molar-refractivity contribution in [2.75, 3.05) is 19.6 Å². The third kappa shape index (κ3) is 5.66. The smallest absolute Gasteiger partial charge is 0.385 e. The quantitative estimate of drug-likeness (QED) is 0.537. The number of carbonyl (C=O) groups excluding carboxylic acids is 3. The Morgan fingerprint density at radius 2 is 1.91 bits per heavy atom. The van der Waals surface area contributed by atoms with Gasteiger partial charge in [-0.05, 0) is 56.2 Å². The van der Waals surface area contributed by atoms with Gasteiger partial charge < -0.3 is 15.3 Å². The average Bonchev–Trinajstić information content (AvgIpc) is 2.81. The van der Waals surface area contributed by atoms with E-state index in [1.807, 2.05) is 0 Å². The molecule has 4 amide bonds. The van der Waals surface area contributed by atoms with Crippen LogP contribution in [-0.2, 0) is 21.4 Å². The molecule has 2 saturated heterocycles. The summed E-state index contributed by atoms with van der Waals surface area (Å²) in [5, 5.41) is 13.9. The fraction of sp³-hybridized carbons (Fsp3) is 0.625. The molecule has 3 aliphatic rings. The Kier molecular flexibility index (Phi) is 7.47. The van der Waals surface area contributed by atoms with Crippen LogP contribution in [-0.4, -0.2) is 63.3 Å². The lowest BCUT2D eigenvalue weighted by Gasteiger charge is -2.41. The molecule has 1 saturated carbocycles. The van der Waals surface area contributed by atoms with E-state index in [1.165, 1.54) is 17.0 Å². The van der Waals surface area contributed by atoms with Crippen molar-refractivity contribution in [1.82, 2.24) is 15.1 Å². The molecule has 35 heavy (non-hydrogen) atoms. The van der Waals surface area contributed by atoms with E-state index in [0.29, 0.717) is 12.8 Å². The Hall–Kier alpha value is -2.14. The molecule has 11 heteroatoms. The second-order valence-corrected chi connectivity index (χ2v) is 11.0. The lowest BCUT2D eigenvalue weighted by atomic mass is 9.82. The van der Waals surface area contributed by atoms with Gasteiger partial charge in [0.05, 0.1) is 17.1 Å². The number of aliphatic hydroxyl groups is 1. The van der Waals surface area contributed by atoms with Crippen molar-refractivity contribution in [2.45, 2.75) is 67.6 Å². The number of imide groups is 1. The molecular formula is C24H29BrF3N3O4. The molecule has 0 bridgehead atoms. The minimum Gasteiger partial charge on any atom is -0.385 e. The van der Waals surface area contributed by atoms with Crippen molar-refractivity contribution < 1.29 is 32.7 Å². The van der Waals surface area contributed by atoms with E-state index < -0.39 is 23.4 Å². The summed E-state index contributed by atoms with van der Waals surface area (Å²) in [7, 11) is 0. The van der Waals surface area contributed by atoms with Crippen LogP contribution in [0.2, 0.25) is 0 Å². The van der Waals surface area contributed by atoms with Gasteiger partial charge in [0.15, 0.2) is 0 Å². The van der Waals surface area contributed by atoms with E-state index in [0.717, 1.165) is 25.0 Å². The number of piperidine rings is 1. The van der Waals surface area contributed by atoms with Gasteiger partial charge in [0, 0.05) is 36.9 Å². The van der Waals surface area contributed by atoms with E-state index in [4.69, 9.17) is 0 Å². The molecule has 1 aliphatic carbocycles. The summed E-state index contributed by atoms with van der Waals surface area (Å²) in [6, 6.07) is 4.13. The van der Waals surface area contributed by atoms with Crippen molar-refractivity contribution in [3.63, 3.8) is 0 Å². The Bertz CT molecular complexity index is 981. The summed E-state index contributed by atoms with van der Waals surface area (Å²) in [5.41, 5.74) is -2.05. The zero-order valence-electron chi connectivity index (χ0n) is 19.2. The van der Waals surface area contributed by atoms with Gasteiger partial charge in [-0.25, -0.2) is 4.79 Å². The standard InChI is InChI=1S/C24H29BrF3N3O4/c25-17-6-7-19-18(14-17)21(33)31(22(34)29-19)10-2-5-20(32)30-11-8-23(35,9-12-30)15-3-1-4-16(13-15)24(26,27)28/h1,3-4,13,17-19,35H,2,5-12,14H2,(H,29,34). The van der Waals surface area contributed by atoms with Crippen LogP contribution in [0.15, 0.2) is 24.3 Å². The first-order chi connectivity index (χ1) is 16.5. The second kappa shape index (κ2) is 10.1. The van der Waals surface area contributed by atoms with E-state index in [-0.39, 0.29) is 73.1 Å². The number of urea groups is 1. The summed E-state index contributed by atoms with van der Waals surface area (Å²) >= 11 is 3.56. The molecule has 1 aromatic rings. The molecule has 0 aromatic heterocycles. The molecule has 2 aliphatic heterocycles. The Morgan fingerprint density at radius 3 is 2.60 bits per heavy atom. The van der Waals surface area contributed by atoms with Crippen molar-refractivity contribution in [1.29, 1.82) is 0 Å². The number of alkyl halides is 4. The van der Waals surface area contributed by atoms with Crippen LogP contribution in [0.25, 0.3) is 0 Å². The third-order valence-electron chi connectivity index (χ3n) is 7.37. The maximum absolute atomic E-state index is 13.0. The first-order valence-corrected chi connectivity index (χ1v) is 12.8. The van der Waals surface area contributed by atoms with Crippen LogP contribution >= 0.6 is 15.9 Å². The van der Waals surface area contributed by atoms with Gasteiger partial charge >= 0.3 is 12.2 Å². The Morgan fingerprint density at radius 1 is 1.20 bits per heavy atom. The summed E-state index contributed by atoms with van der Waals surface area (Å²) in [5.74, 6) is -0.617. The molecule has 3 atom stereocenters. The van der Waals surface area contributed by atoms with Gasteiger partial charge in [0.1, 0.15) is 0 Å². The maximum atomic E-state index is 13.0. The number of hydrogen-bond acceptors (Lipinski definition) is 4. The van der Waals surface area contributed by atoms with Crippen LogP contribution in [0.4, 0.5) is 18.0 Å². The minimum atomic E-state index is -4.50. The van der Waals surface area contributed by atoms with E-state index >= 15 is 0 Å². The molecule has 3 unspecified atom stereocenters. The lowest BCUT2D eigenvalue weighted by Crippen LogP contribution is -2.61. The molecule has 3 fully saturated rings. The monoisotopic (exact) mass is 559 g/mol. The Balaban J connectivity index is 1.27. The number of fused-ring (bicyclic) bond motifs is 1. The molecule has 0 spiro atoms. The Labute approximate surface area is 210 Å². The summed E-state index contributed by atoms with van der Waals surface area (Å²) in [4.78, 5) is 41.0. The van der Waals surface area contributed by atoms with Gasteiger partial charge in [-0.3, -0.25) is 14.5 Å². The van der Waals surface area contributed by atoms with Crippen LogP contribution in [0, 0.1) is 5.92 Å². The van der Waals surface area contributed by atoms with Crippen molar-refractivity contribution >= 4 is 33.8 Å². The summed E-state index contributed by atoms with van der Waals surface area (Å²) in [6.45, 7) is 0.574. The maximum Gasteiger partial charge on any atom is 0.416 e. The predicted molar refractivity (Wildman–Crippen MR) is 124 cm³/mol. The van der Waals surface area contributed by atoms with Crippen molar-refractivity contribution in [3.05, 3.63) is 35.4 Å². The first kappa shape index (κ1) is 25.9. The number of nitrogens with one attached hydrogen (secondary N) is 1. The molecule has 7 nitrogen and oxygen atoms in total. The number of benzene rings is 1. The number of rotatable bonds is 5. The zero-order chi connectivity index (χ0) is 25.4. The lowest BCUT2D eigenvalue weighted by molar-refractivity contribution is -0.139. The highest BCUT2D eigenvalue weighted by atomic mass is 79.9. The highest BCUT2D eigenvalue weighted by Crippen LogP contribution is 2.37. The number of amides is 4. The van der Waals surface area contributed by atoms with E-state index in [1.54, 1.807) is 4.90 Å². The molecular weight excluding hydrogens is 531 g/mol. The van der Waals surface area contributed by atoms with Gasteiger partial charge in [-0.2, -0.15) is 13.2 Å². The highest BCUT2D eigenvalue weighted by Gasteiger charge is 2.44. The molecule has 192 valence electrons. The first-order valence-electron chi connectivity index (χ1n) is 11.9. The zero-order valence-corrected chi connectivity index (χ0v) is 20.8. The van der Waals surface area contributed by atoms with E-state index in [9.17, 15) is 32.7 Å². The summed E-state index contributed by atoms with van der Waals surface area (Å²) < 4.78 is 39.1. The van der Waals surface area contributed by atoms with Gasteiger partial charge in [0.2, 0.25) is 11.8 Å². The second-order valence-electron chi connectivity index (χ2n) is 9.66. The van der Waals surface area contributed by atoms with Crippen molar-refractivity contribution in [3.8, 4) is 0 Å². The highest BCUT2D eigenvalue weighted by molar-refractivity contribution is 9.09. The summed E-state index contributed by atoms with van der Waals surface area (Å²) in [6.07, 6.45) is -1.46. The van der Waals surface area contributed by atoms with Crippen molar-refractivity contribution in [2.24, 2.45) is 5.92 Å². The number of nitrogens with zero attached hydrogens (tertiary/aromatic N) is 2. The number of carbonyl (C=O) groups is 3. The van der Waals surface area contributed by atoms with Crippen LogP contribution in [0.1, 0.15) is 56.1 Å². The van der Waals surface area contributed by atoms with Gasteiger partial charge in [0.25, 0.3) is 0 Å². The topological polar surface area (TPSA) is 90.0 Å². The molecule has 2 heterocycles. The molecule has 0 radical (unpaired) electrons. The van der Waals surface area contributed by atoms with Gasteiger partial charge in [-0.15, -0.1) is 0 Å². The predicted octanol–water partition coefficient (Wildman–Crippen LogP) is 3.78. The number of hydrogen-bond donors (Lipinski definition) is 2. The fourth-order valence-corrected chi connectivity index (χ4v) is 5.93. The van der Waals surface area contributed by atoms with Gasteiger partial charge in [-0.1, -0.05) is 28.1 Å². The number of likely N-dealkylation sites (tertiary alicyclic amines) is 1. The van der Waals surface area contributed by atoms with Crippen LogP contribution in [0.5, 0.6) is 0 Å². The molecule has 1 aromatic carbocycles. The SMILES string of the molecule is O=C(CCCN1C(=O)NC2CCC(Br)CC2C1=O)N1CCC(O)(c2cccc(C(F)(F)F)c2)CC1. The third-order valence-corrected chi connectivity index (χ3v) is 8.20. The normalized spacial score (nSPS) is 26.8. The molecule has 2 N–H and O–H groups in total. The largest absolute Gasteiger partial charge is 0.416 e. The average molecular weight is 560 g/mol. The minimum absolute atomic E-state index is 0.129. The molecule has 4 rings (SSSR count). The van der Waals surface area contributed by atoms with E-state index in [2.05, 4.69) is 21.2 Å². The van der Waals surface area contributed by atoms with Crippen LogP contribution < -0.4 is 5.32 Å². The van der Waals surface area contributed by atoms with Crippen LogP contribution in [0.3, 0.4) is 0 Å². The number of halogens is 4. The fourth-order valence-electron chi connectivity index (χ4n) is 5.26.